The molecule has 0 saturated heterocycles. The molecule has 0 bridgehead atoms. The first-order chi connectivity index (χ1) is 18.7. The minimum absolute atomic E-state index is 0.220. The van der Waals surface area contributed by atoms with Gasteiger partial charge in [-0.3, -0.25) is 0 Å². The van der Waals surface area contributed by atoms with Crippen LogP contribution < -0.4 is 0 Å². The first kappa shape index (κ1) is 22.6. The van der Waals surface area contributed by atoms with Crippen molar-refractivity contribution in [3.63, 3.8) is 0 Å². The van der Waals surface area contributed by atoms with Crippen molar-refractivity contribution in [3.8, 4) is 44.0 Å². The minimum Gasteiger partial charge on any atom is -0.236 e. The van der Waals surface area contributed by atoms with Gasteiger partial charge in [-0.25, -0.2) is 9.37 Å². The first-order valence-corrected chi connectivity index (χ1v) is 13.4. The Bertz CT molecular complexity index is 1880. The number of halogens is 1. The van der Waals surface area contributed by atoms with Gasteiger partial charge in [-0.05, 0) is 68.4 Å². The Hall–Kier alpha value is -4.60. The van der Waals surface area contributed by atoms with Crippen molar-refractivity contribution in [2.75, 3.05) is 0 Å². The number of hydrogen-bond donors (Lipinski definition) is 0. The van der Waals surface area contributed by atoms with E-state index in [-0.39, 0.29) is 5.82 Å². The van der Waals surface area contributed by atoms with Crippen LogP contribution in [0.5, 0.6) is 0 Å². The molecule has 7 aromatic rings. The van der Waals surface area contributed by atoms with E-state index in [4.69, 9.17) is 4.98 Å². The number of benzene rings is 6. The van der Waals surface area contributed by atoms with Crippen LogP contribution in [0.15, 0.2) is 133 Å². The van der Waals surface area contributed by atoms with Crippen molar-refractivity contribution in [1.29, 1.82) is 0 Å². The van der Waals surface area contributed by atoms with Crippen LogP contribution in [0, 0.1) is 5.82 Å². The molecule has 0 aliphatic rings. The van der Waals surface area contributed by atoms with Crippen molar-refractivity contribution in [2.24, 2.45) is 0 Å². The zero-order valence-electron chi connectivity index (χ0n) is 20.4. The SMILES string of the molecule is Fc1cccc(-c2ccc(-c3ccc(-c4ccc(-c5nc6ccccc6s5)c5ccccc45)cc3)cc2)c1. The molecular formula is C35H22FNS. The second kappa shape index (κ2) is 9.37. The molecule has 180 valence electrons. The third kappa shape index (κ3) is 4.07. The summed E-state index contributed by atoms with van der Waals surface area (Å²) in [6.45, 7) is 0. The average molecular weight is 508 g/mol. The zero-order valence-corrected chi connectivity index (χ0v) is 21.3. The van der Waals surface area contributed by atoms with Gasteiger partial charge in [-0.1, -0.05) is 109 Å². The van der Waals surface area contributed by atoms with Crippen LogP contribution in [0.1, 0.15) is 0 Å². The second-order valence-electron chi connectivity index (χ2n) is 9.36. The number of rotatable bonds is 4. The van der Waals surface area contributed by atoms with Gasteiger partial charge in [0.15, 0.2) is 0 Å². The molecular weight excluding hydrogens is 485 g/mol. The van der Waals surface area contributed by atoms with E-state index in [1.54, 1.807) is 23.5 Å². The fourth-order valence-electron chi connectivity index (χ4n) is 5.09. The molecule has 3 heteroatoms. The molecule has 0 fully saturated rings. The molecule has 0 aliphatic heterocycles. The van der Waals surface area contributed by atoms with Gasteiger partial charge in [0.25, 0.3) is 0 Å². The molecule has 0 unspecified atom stereocenters. The van der Waals surface area contributed by atoms with E-state index in [0.29, 0.717) is 0 Å². The summed E-state index contributed by atoms with van der Waals surface area (Å²) in [5, 5.41) is 3.48. The van der Waals surface area contributed by atoms with E-state index in [1.165, 1.54) is 38.2 Å². The normalized spacial score (nSPS) is 11.3. The lowest BCUT2D eigenvalue weighted by Gasteiger charge is -2.11. The topological polar surface area (TPSA) is 12.9 Å². The van der Waals surface area contributed by atoms with Gasteiger partial charge < -0.3 is 0 Å². The van der Waals surface area contributed by atoms with Crippen LogP contribution in [-0.4, -0.2) is 4.98 Å². The van der Waals surface area contributed by atoms with Gasteiger partial charge in [0, 0.05) is 5.56 Å². The molecule has 0 aliphatic carbocycles. The number of nitrogens with zero attached hydrogens (tertiary/aromatic N) is 1. The Morgan fingerprint density at radius 1 is 0.474 bits per heavy atom. The molecule has 0 saturated carbocycles. The van der Waals surface area contributed by atoms with E-state index >= 15 is 0 Å². The van der Waals surface area contributed by atoms with Crippen molar-refractivity contribution < 1.29 is 4.39 Å². The van der Waals surface area contributed by atoms with Gasteiger partial charge in [0.2, 0.25) is 0 Å². The lowest BCUT2D eigenvalue weighted by atomic mass is 9.93. The third-order valence-corrected chi connectivity index (χ3v) is 8.09. The highest BCUT2D eigenvalue weighted by molar-refractivity contribution is 7.21. The standard InChI is InChI=1S/C35H22FNS/c36-28-7-5-6-27(22-28)25-14-12-23(13-15-25)24-16-18-26(19-17-24)29-20-21-32(31-9-2-1-8-30(29)31)35-37-33-10-3-4-11-34(33)38-35/h1-22H. The zero-order chi connectivity index (χ0) is 25.5. The van der Waals surface area contributed by atoms with Gasteiger partial charge in [-0.15, -0.1) is 11.3 Å². The van der Waals surface area contributed by atoms with Crippen LogP contribution in [0.4, 0.5) is 4.39 Å². The van der Waals surface area contributed by atoms with Crippen LogP contribution in [0.2, 0.25) is 0 Å². The van der Waals surface area contributed by atoms with Crippen molar-refractivity contribution in [1.82, 2.24) is 4.98 Å². The largest absolute Gasteiger partial charge is 0.236 e. The Morgan fingerprint density at radius 2 is 1.05 bits per heavy atom. The predicted molar refractivity (Wildman–Crippen MR) is 159 cm³/mol. The fourth-order valence-corrected chi connectivity index (χ4v) is 6.10. The van der Waals surface area contributed by atoms with Crippen molar-refractivity contribution in [3.05, 3.63) is 139 Å². The highest BCUT2D eigenvalue weighted by Gasteiger charge is 2.13. The molecule has 1 aromatic heterocycles. The maximum absolute atomic E-state index is 13.6. The number of hydrogen-bond acceptors (Lipinski definition) is 2. The van der Waals surface area contributed by atoms with Gasteiger partial charge in [0.05, 0.1) is 10.2 Å². The number of thiazole rings is 1. The molecule has 0 radical (unpaired) electrons. The molecule has 1 nitrogen and oxygen atoms in total. The number of para-hydroxylation sites is 1. The van der Waals surface area contributed by atoms with E-state index in [0.717, 1.165) is 32.8 Å². The fraction of sp³-hybridized carbons (Fsp3) is 0. The van der Waals surface area contributed by atoms with E-state index < -0.39 is 0 Å². The summed E-state index contributed by atoms with van der Waals surface area (Å²) in [5.74, 6) is -0.220. The molecule has 0 amide bonds. The van der Waals surface area contributed by atoms with E-state index in [1.807, 2.05) is 24.3 Å². The quantitative estimate of drug-likeness (QED) is 0.231. The molecule has 0 atom stereocenters. The summed E-state index contributed by atoms with van der Waals surface area (Å²) in [6, 6.07) is 45.0. The van der Waals surface area contributed by atoms with E-state index in [2.05, 4.69) is 91.0 Å². The molecule has 0 spiro atoms. The maximum atomic E-state index is 13.6. The second-order valence-corrected chi connectivity index (χ2v) is 10.4. The van der Waals surface area contributed by atoms with Crippen molar-refractivity contribution in [2.45, 2.75) is 0 Å². The summed E-state index contributed by atoms with van der Waals surface area (Å²) < 4.78 is 14.8. The first-order valence-electron chi connectivity index (χ1n) is 12.6. The molecule has 0 N–H and O–H groups in total. The molecule has 38 heavy (non-hydrogen) atoms. The van der Waals surface area contributed by atoms with E-state index in [9.17, 15) is 4.39 Å². The minimum atomic E-state index is -0.220. The summed E-state index contributed by atoms with van der Waals surface area (Å²) >= 11 is 1.74. The highest BCUT2D eigenvalue weighted by Crippen LogP contribution is 2.39. The van der Waals surface area contributed by atoms with Gasteiger partial charge >= 0.3 is 0 Å². The van der Waals surface area contributed by atoms with Crippen LogP contribution in [0.25, 0.3) is 64.9 Å². The van der Waals surface area contributed by atoms with Crippen LogP contribution >= 0.6 is 11.3 Å². The summed E-state index contributed by atoms with van der Waals surface area (Å²) in [4.78, 5) is 4.91. The smallest absolute Gasteiger partial charge is 0.125 e. The van der Waals surface area contributed by atoms with Gasteiger partial charge in [-0.2, -0.15) is 0 Å². The number of fused-ring (bicyclic) bond motifs is 2. The lowest BCUT2D eigenvalue weighted by Crippen LogP contribution is -1.86. The lowest BCUT2D eigenvalue weighted by molar-refractivity contribution is 0.628. The maximum Gasteiger partial charge on any atom is 0.125 e. The molecule has 1 heterocycles. The average Bonchev–Trinajstić information content (AvgIpc) is 3.41. The Morgan fingerprint density at radius 3 is 1.74 bits per heavy atom. The van der Waals surface area contributed by atoms with Crippen LogP contribution in [0.3, 0.4) is 0 Å². The Balaban J connectivity index is 1.23. The monoisotopic (exact) mass is 507 g/mol. The summed E-state index contributed by atoms with van der Waals surface area (Å²) in [7, 11) is 0. The van der Waals surface area contributed by atoms with Crippen LogP contribution in [-0.2, 0) is 0 Å². The Kier molecular flexibility index (Phi) is 5.57. The predicted octanol–water partition coefficient (Wildman–Crippen LogP) is 10.3. The molecule has 7 rings (SSSR count). The number of aromatic nitrogens is 1. The third-order valence-electron chi connectivity index (χ3n) is 7.02. The Labute approximate surface area is 224 Å². The van der Waals surface area contributed by atoms with Crippen molar-refractivity contribution >= 4 is 32.3 Å². The highest BCUT2D eigenvalue weighted by atomic mass is 32.1. The molecule has 6 aromatic carbocycles. The summed E-state index contributed by atoms with van der Waals surface area (Å²) in [5.41, 5.74) is 8.76. The summed E-state index contributed by atoms with van der Waals surface area (Å²) in [6.07, 6.45) is 0. The van der Waals surface area contributed by atoms with Gasteiger partial charge in [0.1, 0.15) is 10.8 Å².